The van der Waals surface area contributed by atoms with Crippen molar-refractivity contribution in [1.82, 2.24) is 0 Å². The molecule has 0 spiro atoms. The van der Waals surface area contributed by atoms with Crippen LogP contribution >= 0.6 is 11.8 Å². The highest BCUT2D eigenvalue weighted by molar-refractivity contribution is 7.98. The molecule has 0 aliphatic carbocycles. The van der Waals surface area contributed by atoms with E-state index in [2.05, 4.69) is 5.32 Å². The van der Waals surface area contributed by atoms with Crippen LogP contribution in [0, 0.1) is 5.41 Å². The van der Waals surface area contributed by atoms with Gasteiger partial charge in [0, 0.05) is 10.6 Å². The van der Waals surface area contributed by atoms with E-state index in [1.165, 1.54) is 0 Å². The fourth-order valence-electron chi connectivity index (χ4n) is 1.08. The molecule has 0 radical (unpaired) electrons. The maximum atomic E-state index is 11.3. The lowest BCUT2D eigenvalue weighted by molar-refractivity contribution is -0.115. The Morgan fingerprint density at radius 2 is 2.33 bits per heavy atom. The Hall–Kier alpha value is -1.49. The first-order chi connectivity index (χ1) is 7.11. The third-order valence-corrected chi connectivity index (χ3v) is 2.43. The van der Waals surface area contributed by atoms with Crippen molar-refractivity contribution < 1.29 is 4.79 Å². The van der Waals surface area contributed by atoms with E-state index >= 15 is 0 Å². The molecule has 4 nitrogen and oxygen atoms in total. The molecule has 1 aromatic rings. The SMILES string of the molecule is CSc1cccc(NC(=O)CC(=N)N)c1. The molecule has 1 amide bonds. The largest absolute Gasteiger partial charge is 0.387 e. The van der Waals surface area contributed by atoms with Crippen LogP contribution in [0.3, 0.4) is 0 Å². The first-order valence-electron chi connectivity index (χ1n) is 4.38. The second-order valence-electron chi connectivity index (χ2n) is 2.98. The van der Waals surface area contributed by atoms with Gasteiger partial charge in [-0.15, -0.1) is 11.8 Å². The van der Waals surface area contributed by atoms with Crippen molar-refractivity contribution in [3.63, 3.8) is 0 Å². The summed E-state index contributed by atoms with van der Waals surface area (Å²) in [5.74, 6) is -0.394. The van der Waals surface area contributed by atoms with Crippen LogP contribution in [0.5, 0.6) is 0 Å². The Morgan fingerprint density at radius 1 is 1.60 bits per heavy atom. The van der Waals surface area contributed by atoms with Gasteiger partial charge in [-0.3, -0.25) is 10.2 Å². The molecule has 0 bridgehead atoms. The molecule has 0 fully saturated rings. The third kappa shape index (κ3) is 4.03. The molecule has 0 saturated carbocycles. The zero-order valence-electron chi connectivity index (χ0n) is 8.41. The van der Waals surface area contributed by atoms with E-state index in [0.717, 1.165) is 10.6 Å². The molecule has 15 heavy (non-hydrogen) atoms. The van der Waals surface area contributed by atoms with E-state index in [4.69, 9.17) is 11.1 Å². The maximum Gasteiger partial charge on any atom is 0.231 e. The number of hydrogen-bond acceptors (Lipinski definition) is 3. The molecular weight excluding hydrogens is 210 g/mol. The summed E-state index contributed by atoms with van der Waals surface area (Å²) in [7, 11) is 0. The van der Waals surface area contributed by atoms with Crippen LogP contribution in [0.1, 0.15) is 6.42 Å². The number of thioether (sulfide) groups is 1. The predicted molar refractivity (Wildman–Crippen MR) is 63.4 cm³/mol. The van der Waals surface area contributed by atoms with Crippen molar-refractivity contribution in [2.45, 2.75) is 11.3 Å². The minimum absolute atomic E-state index is 0.0660. The van der Waals surface area contributed by atoms with Gasteiger partial charge >= 0.3 is 0 Å². The normalized spacial score (nSPS) is 9.67. The zero-order valence-corrected chi connectivity index (χ0v) is 9.23. The highest BCUT2D eigenvalue weighted by atomic mass is 32.2. The van der Waals surface area contributed by atoms with Gasteiger partial charge in [-0.05, 0) is 24.5 Å². The Labute approximate surface area is 92.8 Å². The lowest BCUT2D eigenvalue weighted by Crippen LogP contribution is -2.20. The Morgan fingerprint density at radius 3 is 2.93 bits per heavy atom. The van der Waals surface area contributed by atoms with Crippen LogP contribution in [-0.2, 0) is 4.79 Å². The number of benzene rings is 1. The number of hydrogen-bond donors (Lipinski definition) is 3. The van der Waals surface area contributed by atoms with E-state index in [1.54, 1.807) is 17.8 Å². The monoisotopic (exact) mass is 223 g/mol. The van der Waals surface area contributed by atoms with E-state index in [9.17, 15) is 4.79 Å². The minimum atomic E-state index is -0.263. The number of amidine groups is 1. The molecule has 0 aromatic heterocycles. The van der Waals surface area contributed by atoms with Gasteiger partial charge in [0.25, 0.3) is 0 Å². The molecule has 0 aliphatic heterocycles. The maximum absolute atomic E-state index is 11.3. The summed E-state index contributed by atoms with van der Waals surface area (Å²) >= 11 is 1.61. The summed E-state index contributed by atoms with van der Waals surface area (Å²) < 4.78 is 0. The molecule has 0 heterocycles. The number of nitrogens with one attached hydrogen (secondary N) is 2. The quantitative estimate of drug-likeness (QED) is 0.413. The van der Waals surface area contributed by atoms with Crippen molar-refractivity contribution in [3.05, 3.63) is 24.3 Å². The average molecular weight is 223 g/mol. The lowest BCUT2D eigenvalue weighted by atomic mass is 10.3. The zero-order chi connectivity index (χ0) is 11.3. The first-order valence-corrected chi connectivity index (χ1v) is 5.61. The molecule has 1 aromatic carbocycles. The van der Waals surface area contributed by atoms with Crippen LogP contribution in [0.2, 0.25) is 0 Å². The standard InChI is InChI=1S/C10H13N3OS/c1-15-8-4-2-3-7(5-8)13-10(14)6-9(11)12/h2-5H,6H2,1H3,(H3,11,12)(H,13,14). The topological polar surface area (TPSA) is 79.0 Å². The number of anilines is 1. The van der Waals surface area contributed by atoms with Crippen molar-refractivity contribution >= 4 is 29.2 Å². The Bertz CT molecular complexity index is 379. The Kier molecular flexibility index (Phi) is 4.17. The second-order valence-corrected chi connectivity index (χ2v) is 3.86. The molecule has 80 valence electrons. The predicted octanol–water partition coefficient (Wildman–Crippen LogP) is 1.67. The van der Waals surface area contributed by atoms with E-state index in [-0.39, 0.29) is 18.2 Å². The van der Waals surface area contributed by atoms with Crippen LogP contribution < -0.4 is 11.1 Å². The molecule has 0 unspecified atom stereocenters. The molecular formula is C10H13N3OS. The van der Waals surface area contributed by atoms with Gasteiger partial charge in [-0.1, -0.05) is 6.07 Å². The first kappa shape index (κ1) is 11.6. The fourth-order valence-corrected chi connectivity index (χ4v) is 1.54. The molecule has 5 heteroatoms. The van der Waals surface area contributed by atoms with Gasteiger partial charge in [0.2, 0.25) is 5.91 Å². The smallest absolute Gasteiger partial charge is 0.231 e. The number of carbonyl (C=O) groups excluding carboxylic acids is 1. The van der Waals surface area contributed by atoms with Crippen molar-refractivity contribution in [2.75, 3.05) is 11.6 Å². The number of carbonyl (C=O) groups is 1. The summed E-state index contributed by atoms with van der Waals surface area (Å²) in [5.41, 5.74) is 5.85. The molecule has 0 saturated heterocycles. The summed E-state index contributed by atoms with van der Waals surface area (Å²) in [6, 6.07) is 7.51. The third-order valence-electron chi connectivity index (χ3n) is 1.70. The van der Waals surface area contributed by atoms with Gasteiger partial charge in [0.1, 0.15) is 5.84 Å². The molecule has 1 rings (SSSR count). The van der Waals surface area contributed by atoms with Gasteiger partial charge in [0.15, 0.2) is 0 Å². The highest BCUT2D eigenvalue weighted by Gasteiger charge is 2.03. The van der Waals surface area contributed by atoms with E-state index in [1.807, 2.05) is 24.5 Å². The van der Waals surface area contributed by atoms with Crippen molar-refractivity contribution in [3.8, 4) is 0 Å². The molecule has 4 N–H and O–H groups in total. The number of rotatable bonds is 4. The van der Waals surface area contributed by atoms with Gasteiger partial charge < -0.3 is 11.1 Å². The van der Waals surface area contributed by atoms with Crippen LogP contribution in [-0.4, -0.2) is 18.0 Å². The Balaban J connectivity index is 2.63. The van der Waals surface area contributed by atoms with Gasteiger partial charge in [-0.25, -0.2) is 0 Å². The summed E-state index contributed by atoms with van der Waals surface area (Å²) in [6.45, 7) is 0. The fraction of sp³-hybridized carbons (Fsp3) is 0.200. The van der Waals surface area contributed by atoms with Crippen LogP contribution in [0.25, 0.3) is 0 Å². The number of nitrogens with two attached hydrogens (primary N) is 1. The minimum Gasteiger partial charge on any atom is -0.387 e. The van der Waals surface area contributed by atoms with Gasteiger partial charge in [0.05, 0.1) is 6.42 Å². The average Bonchev–Trinajstić information content (AvgIpc) is 2.16. The number of amides is 1. The van der Waals surface area contributed by atoms with Gasteiger partial charge in [-0.2, -0.15) is 0 Å². The van der Waals surface area contributed by atoms with E-state index in [0.29, 0.717) is 0 Å². The van der Waals surface area contributed by atoms with Crippen LogP contribution in [0.15, 0.2) is 29.2 Å². The summed E-state index contributed by atoms with van der Waals surface area (Å²) in [4.78, 5) is 12.4. The van der Waals surface area contributed by atoms with Crippen molar-refractivity contribution in [2.24, 2.45) is 5.73 Å². The molecule has 0 aliphatic rings. The molecule has 0 atom stereocenters. The highest BCUT2D eigenvalue weighted by Crippen LogP contribution is 2.18. The summed E-state index contributed by atoms with van der Waals surface area (Å²) in [5, 5.41) is 9.66. The van der Waals surface area contributed by atoms with Crippen LogP contribution in [0.4, 0.5) is 5.69 Å². The summed E-state index contributed by atoms with van der Waals surface area (Å²) in [6.07, 6.45) is 1.90. The van der Waals surface area contributed by atoms with E-state index < -0.39 is 0 Å². The van der Waals surface area contributed by atoms with Crippen molar-refractivity contribution in [1.29, 1.82) is 5.41 Å². The second kappa shape index (κ2) is 5.41. The lowest BCUT2D eigenvalue weighted by Gasteiger charge is -2.05.